The Hall–Kier alpha value is -4.08. The summed E-state index contributed by atoms with van der Waals surface area (Å²) in [5.74, 6) is -1.65. The van der Waals surface area contributed by atoms with Crippen molar-refractivity contribution in [1.82, 2.24) is 10.6 Å². The van der Waals surface area contributed by atoms with Crippen molar-refractivity contribution in [3.63, 3.8) is 0 Å². The SMILES string of the molecule is CCOc1ccccc1C(=O)NCC(=O)OCC(=O)NC(=O)[C@H]1COc2ccccc2O1. The lowest BCUT2D eigenvalue weighted by molar-refractivity contribution is -0.149. The molecule has 0 unspecified atom stereocenters. The average molecular weight is 442 g/mol. The summed E-state index contributed by atoms with van der Waals surface area (Å²) in [4.78, 5) is 48.2. The molecule has 0 saturated heterocycles. The van der Waals surface area contributed by atoms with Crippen molar-refractivity contribution < 1.29 is 38.1 Å². The number of carbonyl (C=O) groups excluding carboxylic acids is 4. The molecular formula is C22H22N2O8. The van der Waals surface area contributed by atoms with Crippen molar-refractivity contribution >= 4 is 23.7 Å². The fraction of sp³-hybridized carbons (Fsp3) is 0.273. The highest BCUT2D eigenvalue weighted by atomic mass is 16.6. The zero-order valence-electron chi connectivity index (χ0n) is 17.3. The molecule has 32 heavy (non-hydrogen) atoms. The number of para-hydroxylation sites is 3. The maximum absolute atomic E-state index is 12.2. The van der Waals surface area contributed by atoms with Crippen LogP contribution in [0.3, 0.4) is 0 Å². The van der Waals surface area contributed by atoms with Crippen LogP contribution in [0.25, 0.3) is 0 Å². The molecule has 3 rings (SSSR count). The Morgan fingerprint density at radius 3 is 2.53 bits per heavy atom. The first kappa shape index (κ1) is 22.6. The molecule has 1 atom stereocenters. The van der Waals surface area contributed by atoms with E-state index in [9.17, 15) is 19.2 Å². The van der Waals surface area contributed by atoms with Crippen molar-refractivity contribution in [2.24, 2.45) is 0 Å². The molecule has 0 spiro atoms. The molecule has 2 aromatic rings. The number of benzene rings is 2. The minimum atomic E-state index is -1.02. The third-order valence-electron chi connectivity index (χ3n) is 4.25. The maximum Gasteiger partial charge on any atom is 0.325 e. The quantitative estimate of drug-likeness (QED) is 0.576. The van der Waals surface area contributed by atoms with Gasteiger partial charge in [0.25, 0.3) is 17.7 Å². The smallest absolute Gasteiger partial charge is 0.325 e. The van der Waals surface area contributed by atoms with Gasteiger partial charge in [0.05, 0.1) is 12.2 Å². The van der Waals surface area contributed by atoms with Crippen LogP contribution < -0.4 is 24.8 Å². The molecule has 0 bridgehead atoms. The van der Waals surface area contributed by atoms with E-state index in [1.54, 1.807) is 55.5 Å². The van der Waals surface area contributed by atoms with E-state index in [-0.39, 0.29) is 12.2 Å². The van der Waals surface area contributed by atoms with Gasteiger partial charge in [-0.2, -0.15) is 0 Å². The molecule has 0 radical (unpaired) electrons. The number of ether oxygens (including phenoxy) is 4. The van der Waals surface area contributed by atoms with Gasteiger partial charge in [0, 0.05) is 0 Å². The molecule has 1 aliphatic heterocycles. The van der Waals surface area contributed by atoms with E-state index in [1.165, 1.54) is 0 Å². The summed E-state index contributed by atoms with van der Waals surface area (Å²) in [5.41, 5.74) is 0.266. The number of nitrogens with one attached hydrogen (secondary N) is 2. The third kappa shape index (κ3) is 5.97. The van der Waals surface area contributed by atoms with Crippen LogP contribution in [0.4, 0.5) is 0 Å². The summed E-state index contributed by atoms with van der Waals surface area (Å²) >= 11 is 0. The Labute approximate surface area is 183 Å². The second-order valence-electron chi connectivity index (χ2n) is 6.55. The van der Waals surface area contributed by atoms with Gasteiger partial charge in [-0.25, -0.2) is 0 Å². The minimum absolute atomic E-state index is 0.0643. The number of hydrogen-bond acceptors (Lipinski definition) is 8. The predicted molar refractivity (Wildman–Crippen MR) is 110 cm³/mol. The summed E-state index contributed by atoms with van der Waals surface area (Å²) in [5, 5.41) is 4.48. The summed E-state index contributed by atoms with van der Waals surface area (Å²) in [6.45, 7) is 0.945. The molecule has 0 aromatic heterocycles. The molecule has 0 fully saturated rings. The van der Waals surface area contributed by atoms with E-state index >= 15 is 0 Å². The highest BCUT2D eigenvalue weighted by molar-refractivity contribution is 6.00. The Kier molecular flexibility index (Phi) is 7.63. The van der Waals surface area contributed by atoms with Crippen molar-refractivity contribution in [1.29, 1.82) is 0 Å². The van der Waals surface area contributed by atoms with E-state index in [4.69, 9.17) is 18.9 Å². The Balaban J connectivity index is 1.40. The van der Waals surface area contributed by atoms with Gasteiger partial charge in [-0.15, -0.1) is 0 Å². The highest BCUT2D eigenvalue weighted by Gasteiger charge is 2.28. The topological polar surface area (TPSA) is 129 Å². The Bertz CT molecular complexity index is 1010. The van der Waals surface area contributed by atoms with Crippen LogP contribution in [-0.2, 0) is 19.1 Å². The minimum Gasteiger partial charge on any atom is -0.493 e. The summed E-state index contributed by atoms with van der Waals surface area (Å²) < 4.78 is 21.1. The molecule has 1 heterocycles. The van der Waals surface area contributed by atoms with Crippen molar-refractivity contribution in [2.45, 2.75) is 13.0 Å². The summed E-state index contributed by atoms with van der Waals surface area (Å²) in [7, 11) is 0. The van der Waals surface area contributed by atoms with Gasteiger partial charge in [-0.1, -0.05) is 24.3 Å². The van der Waals surface area contributed by atoms with Crippen molar-refractivity contribution in [3.05, 3.63) is 54.1 Å². The van der Waals surface area contributed by atoms with Crippen LogP contribution in [-0.4, -0.2) is 56.2 Å². The second-order valence-corrected chi connectivity index (χ2v) is 6.55. The first-order valence-corrected chi connectivity index (χ1v) is 9.85. The second kappa shape index (κ2) is 10.8. The Morgan fingerprint density at radius 1 is 1.03 bits per heavy atom. The molecule has 10 nitrogen and oxygen atoms in total. The number of fused-ring (bicyclic) bond motifs is 1. The molecule has 0 aliphatic carbocycles. The highest BCUT2D eigenvalue weighted by Crippen LogP contribution is 2.30. The molecule has 10 heteroatoms. The Morgan fingerprint density at radius 2 is 1.75 bits per heavy atom. The van der Waals surface area contributed by atoms with Crippen LogP contribution in [0.2, 0.25) is 0 Å². The van der Waals surface area contributed by atoms with Crippen LogP contribution in [0.5, 0.6) is 17.2 Å². The number of rotatable bonds is 8. The van der Waals surface area contributed by atoms with Crippen molar-refractivity contribution in [3.8, 4) is 17.2 Å². The molecule has 2 N–H and O–H groups in total. The molecular weight excluding hydrogens is 420 g/mol. The number of imide groups is 1. The maximum atomic E-state index is 12.2. The van der Waals surface area contributed by atoms with E-state index in [1.807, 2.05) is 0 Å². The van der Waals surface area contributed by atoms with Crippen LogP contribution in [0.1, 0.15) is 17.3 Å². The fourth-order valence-corrected chi connectivity index (χ4v) is 2.78. The first-order valence-electron chi connectivity index (χ1n) is 9.85. The normalized spacial score (nSPS) is 14.1. The number of carbonyl (C=O) groups is 4. The fourth-order valence-electron chi connectivity index (χ4n) is 2.78. The summed E-state index contributed by atoms with van der Waals surface area (Å²) in [6.07, 6.45) is -1.02. The number of hydrogen-bond donors (Lipinski definition) is 2. The van der Waals surface area contributed by atoms with Gasteiger partial charge in [-0.3, -0.25) is 24.5 Å². The molecule has 3 amide bonds. The van der Waals surface area contributed by atoms with Gasteiger partial charge in [0.15, 0.2) is 18.1 Å². The lowest BCUT2D eigenvalue weighted by atomic mass is 10.2. The molecule has 0 saturated carbocycles. The monoisotopic (exact) mass is 442 g/mol. The largest absolute Gasteiger partial charge is 0.493 e. The predicted octanol–water partition coefficient (Wildman–Crippen LogP) is 0.841. The van der Waals surface area contributed by atoms with Crippen LogP contribution in [0.15, 0.2) is 48.5 Å². The third-order valence-corrected chi connectivity index (χ3v) is 4.25. The lowest BCUT2D eigenvalue weighted by Gasteiger charge is -2.25. The van der Waals surface area contributed by atoms with Gasteiger partial charge in [0.1, 0.15) is 18.9 Å². The van der Waals surface area contributed by atoms with E-state index in [0.717, 1.165) is 0 Å². The molecule has 1 aliphatic rings. The molecule has 2 aromatic carbocycles. The van der Waals surface area contributed by atoms with Crippen molar-refractivity contribution in [2.75, 3.05) is 26.4 Å². The zero-order valence-corrected chi connectivity index (χ0v) is 17.3. The van der Waals surface area contributed by atoms with Crippen LogP contribution >= 0.6 is 0 Å². The number of amides is 3. The standard InChI is InChI=1S/C22H22N2O8/c1-2-29-15-8-4-3-7-14(15)21(27)23-11-20(26)31-13-19(25)24-22(28)18-12-30-16-9-5-6-10-17(16)32-18/h3-10,18H,2,11-13H2,1H3,(H,23,27)(H,24,25,28)/t18-/m1/s1. The van der Waals surface area contributed by atoms with Gasteiger partial charge >= 0.3 is 5.97 Å². The lowest BCUT2D eigenvalue weighted by Crippen LogP contribution is -2.47. The average Bonchev–Trinajstić information content (AvgIpc) is 2.81. The van der Waals surface area contributed by atoms with E-state index in [0.29, 0.717) is 23.9 Å². The van der Waals surface area contributed by atoms with Crippen LogP contribution in [0, 0.1) is 0 Å². The number of esters is 1. The van der Waals surface area contributed by atoms with E-state index in [2.05, 4.69) is 10.6 Å². The van der Waals surface area contributed by atoms with Gasteiger partial charge in [0.2, 0.25) is 6.10 Å². The first-order chi connectivity index (χ1) is 15.5. The van der Waals surface area contributed by atoms with Gasteiger partial charge < -0.3 is 24.3 Å². The van der Waals surface area contributed by atoms with Gasteiger partial charge in [-0.05, 0) is 31.2 Å². The summed E-state index contributed by atoms with van der Waals surface area (Å²) in [6, 6.07) is 13.4. The molecule has 168 valence electrons. The zero-order chi connectivity index (χ0) is 22.9. The van der Waals surface area contributed by atoms with E-state index < -0.39 is 42.9 Å².